The smallest absolute Gasteiger partial charge is 0.139 e. The highest BCUT2D eigenvalue weighted by Gasteiger charge is 2.05. The zero-order valence-corrected chi connectivity index (χ0v) is 7.82. The van der Waals surface area contributed by atoms with Crippen LogP contribution in [0.1, 0.15) is 0 Å². The molecule has 1 aromatic heterocycles. The second kappa shape index (κ2) is 3.41. The van der Waals surface area contributed by atoms with Crippen LogP contribution in [0.25, 0.3) is 11.4 Å². The summed E-state index contributed by atoms with van der Waals surface area (Å²) in [6.45, 7) is 0. The van der Waals surface area contributed by atoms with Crippen LogP contribution < -0.4 is 10.5 Å². The van der Waals surface area contributed by atoms with Crippen LogP contribution in [-0.2, 0) is 0 Å². The summed E-state index contributed by atoms with van der Waals surface area (Å²) in [4.78, 5) is 7.13. The minimum Gasteiger partial charge on any atom is -0.497 e. The van der Waals surface area contributed by atoms with E-state index in [1.165, 1.54) is 0 Å². The van der Waals surface area contributed by atoms with E-state index in [0.29, 0.717) is 5.69 Å². The van der Waals surface area contributed by atoms with Crippen LogP contribution in [-0.4, -0.2) is 17.1 Å². The van der Waals surface area contributed by atoms with Crippen molar-refractivity contribution in [1.29, 1.82) is 0 Å². The quantitative estimate of drug-likeness (QED) is 0.706. The van der Waals surface area contributed by atoms with Crippen molar-refractivity contribution >= 4 is 5.69 Å². The number of rotatable bonds is 2. The summed E-state index contributed by atoms with van der Waals surface area (Å²) in [6, 6.07) is 5.48. The Hall–Kier alpha value is -1.97. The monoisotopic (exact) mass is 189 g/mol. The summed E-state index contributed by atoms with van der Waals surface area (Å²) >= 11 is 0. The molecule has 1 aromatic carbocycles. The molecule has 1 heterocycles. The van der Waals surface area contributed by atoms with Gasteiger partial charge in [0.2, 0.25) is 0 Å². The van der Waals surface area contributed by atoms with E-state index in [1.807, 2.05) is 12.1 Å². The normalized spacial score (nSPS) is 10.1. The SMILES string of the molecule is COc1ccc(N)c(-c2ncc[nH]2)c1. The number of aromatic amines is 1. The largest absolute Gasteiger partial charge is 0.497 e. The van der Waals surface area contributed by atoms with E-state index in [1.54, 1.807) is 25.6 Å². The molecule has 0 fully saturated rings. The van der Waals surface area contributed by atoms with Crippen molar-refractivity contribution in [1.82, 2.24) is 9.97 Å². The fourth-order valence-electron chi connectivity index (χ4n) is 1.28. The number of benzene rings is 1. The first-order valence-corrected chi connectivity index (χ1v) is 4.24. The van der Waals surface area contributed by atoms with Gasteiger partial charge in [-0.1, -0.05) is 0 Å². The van der Waals surface area contributed by atoms with E-state index in [-0.39, 0.29) is 0 Å². The molecule has 0 aliphatic rings. The molecule has 0 radical (unpaired) electrons. The third-order valence-electron chi connectivity index (χ3n) is 2.01. The average molecular weight is 189 g/mol. The van der Waals surface area contributed by atoms with Crippen LogP contribution in [0.5, 0.6) is 5.75 Å². The number of aromatic nitrogens is 2. The zero-order valence-electron chi connectivity index (χ0n) is 7.82. The van der Waals surface area contributed by atoms with Gasteiger partial charge < -0.3 is 15.5 Å². The Morgan fingerprint density at radius 1 is 1.43 bits per heavy atom. The molecule has 0 saturated carbocycles. The molecular weight excluding hydrogens is 178 g/mol. The van der Waals surface area contributed by atoms with Crippen LogP contribution in [0.3, 0.4) is 0 Å². The van der Waals surface area contributed by atoms with Gasteiger partial charge in [0, 0.05) is 23.6 Å². The van der Waals surface area contributed by atoms with E-state index in [9.17, 15) is 0 Å². The number of nitrogens with two attached hydrogens (primary N) is 1. The van der Waals surface area contributed by atoms with Crippen molar-refractivity contribution in [2.45, 2.75) is 0 Å². The van der Waals surface area contributed by atoms with Gasteiger partial charge in [0.05, 0.1) is 7.11 Å². The molecule has 14 heavy (non-hydrogen) atoms. The average Bonchev–Trinajstić information content (AvgIpc) is 2.71. The van der Waals surface area contributed by atoms with Crippen molar-refractivity contribution in [2.75, 3.05) is 12.8 Å². The number of nitrogens with zero attached hydrogens (tertiary/aromatic N) is 1. The first-order valence-electron chi connectivity index (χ1n) is 4.24. The molecular formula is C10H11N3O. The summed E-state index contributed by atoms with van der Waals surface area (Å²) in [5.41, 5.74) is 7.36. The molecule has 0 saturated heterocycles. The minimum atomic E-state index is 0.681. The maximum atomic E-state index is 5.82. The van der Waals surface area contributed by atoms with Gasteiger partial charge in [0.15, 0.2) is 0 Å². The Labute approximate surface area is 81.7 Å². The second-order valence-electron chi connectivity index (χ2n) is 2.89. The lowest BCUT2D eigenvalue weighted by molar-refractivity contribution is 0.415. The predicted molar refractivity (Wildman–Crippen MR) is 55.0 cm³/mol. The van der Waals surface area contributed by atoms with Gasteiger partial charge in [-0.2, -0.15) is 0 Å². The molecule has 4 heteroatoms. The fourth-order valence-corrected chi connectivity index (χ4v) is 1.28. The first-order chi connectivity index (χ1) is 6.81. The molecule has 0 spiro atoms. The summed E-state index contributed by atoms with van der Waals surface area (Å²) < 4.78 is 5.11. The van der Waals surface area contributed by atoms with Gasteiger partial charge in [-0.25, -0.2) is 4.98 Å². The Bertz CT molecular complexity index is 423. The van der Waals surface area contributed by atoms with Crippen LogP contribution >= 0.6 is 0 Å². The molecule has 0 atom stereocenters. The molecule has 2 rings (SSSR count). The number of hydrogen-bond acceptors (Lipinski definition) is 3. The third kappa shape index (κ3) is 1.42. The number of nitrogens with one attached hydrogen (secondary N) is 1. The lowest BCUT2D eigenvalue weighted by Crippen LogP contribution is -1.92. The van der Waals surface area contributed by atoms with E-state index < -0.39 is 0 Å². The Balaban J connectivity index is 2.51. The Morgan fingerprint density at radius 2 is 2.29 bits per heavy atom. The predicted octanol–water partition coefficient (Wildman–Crippen LogP) is 1.67. The molecule has 0 unspecified atom stereocenters. The standard InChI is InChI=1S/C10H11N3O/c1-14-7-2-3-9(11)8(6-7)10-12-4-5-13-10/h2-6H,11H2,1H3,(H,12,13). The van der Waals surface area contributed by atoms with Crippen molar-refractivity contribution in [3.05, 3.63) is 30.6 Å². The second-order valence-corrected chi connectivity index (χ2v) is 2.89. The van der Waals surface area contributed by atoms with Crippen molar-refractivity contribution in [2.24, 2.45) is 0 Å². The van der Waals surface area contributed by atoms with Gasteiger partial charge in [0.25, 0.3) is 0 Å². The lowest BCUT2D eigenvalue weighted by atomic mass is 10.1. The minimum absolute atomic E-state index is 0.681. The van der Waals surface area contributed by atoms with Crippen LogP contribution in [0.2, 0.25) is 0 Å². The summed E-state index contributed by atoms with van der Waals surface area (Å²) in [5, 5.41) is 0. The highest BCUT2D eigenvalue weighted by molar-refractivity contribution is 5.72. The van der Waals surface area contributed by atoms with Gasteiger partial charge in [-0.3, -0.25) is 0 Å². The summed E-state index contributed by atoms with van der Waals surface area (Å²) in [7, 11) is 1.62. The molecule has 2 aromatic rings. The van der Waals surface area contributed by atoms with Crippen molar-refractivity contribution < 1.29 is 4.74 Å². The van der Waals surface area contributed by atoms with Crippen molar-refractivity contribution in [3.8, 4) is 17.1 Å². The highest BCUT2D eigenvalue weighted by Crippen LogP contribution is 2.26. The molecule has 0 aliphatic heterocycles. The number of nitrogen functional groups attached to an aromatic ring is 1. The van der Waals surface area contributed by atoms with Crippen LogP contribution in [0, 0.1) is 0 Å². The number of anilines is 1. The van der Waals surface area contributed by atoms with E-state index >= 15 is 0 Å². The molecule has 0 bridgehead atoms. The van der Waals surface area contributed by atoms with Crippen LogP contribution in [0.4, 0.5) is 5.69 Å². The van der Waals surface area contributed by atoms with Crippen molar-refractivity contribution in [3.63, 3.8) is 0 Å². The van der Waals surface area contributed by atoms with Gasteiger partial charge in [-0.15, -0.1) is 0 Å². The highest BCUT2D eigenvalue weighted by atomic mass is 16.5. The first kappa shape index (κ1) is 8.62. The van der Waals surface area contributed by atoms with E-state index in [2.05, 4.69) is 9.97 Å². The molecule has 3 N–H and O–H groups in total. The summed E-state index contributed by atoms with van der Waals surface area (Å²) in [6.07, 6.45) is 3.45. The maximum absolute atomic E-state index is 5.82. The molecule has 4 nitrogen and oxygen atoms in total. The van der Waals surface area contributed by atoms with E-state index in [4.69, 9.17) is 10.5 Å². The van der Waals surface area contributed by atoms with E-state index in [0.717, 1.165) is 17.1 Å². The van der Waals surface area contributed by atoms with Crippen LogP contribution in [0.15, 0.2) is 30.6 Å². The molecule has 72 valence electrons. The maximum Gasteiger partial charge on any atom is 0.139 e. The fraction of sp³-hybridized carbons (Fsp3) is 0.100. The van der Waals surface area contributed by atoms with Gasteiger partial charge >= 0.3 is 0 Å². The molecule has 0 aliphatic carbocycles. The number of H-pyrrole nitrogens is 1. The molecule has 0 amide bonds. The number of imidazole rings is 1. The Morgan fingerprint density at radius 3 is 2.93 bits per heavy atom. The topological polar surface area (TPSA) is 63.9 Å². The third-order valence-corrected chi connectivity index (χ3v) is 2.01. The van der Waals surface area contributed by atoms with Gasteiger partial charge in [0.1, 0.15) is 11.6 Å². The Kier molecular flexibility index (Phi) is 2.10. The number of ether oxygens (including phenoxy) is 1. The summed E-state index contributed by atoms with van der Waals surface area (Å²) in [5.74, 6) is 1.52. The van der Waals surface area contributed by atoms with Gasteiger partial charge in [-0.05, 0) is 18.2 Å². The number of methoxy groups -OCH3 is 1. The number of hydrogen-bond donors (Lipinski definition) is 2. The zero-order chi connectivity index (χ0) is 9.97. The lowest BCUT2D eigenvalue weighted by Gasteiger charge is -2.05.